The van der Waals surface area contributed by atoms with Gasteiger partial charge in [-0.15, -0.1) is 24.0 Å². The molecule has 0 aromatic heterocycles. The lowest BCUT2D eigenvalue weighted by molar-refractivity contribution is 0.174. The molecule has 0 aliphatic carbocycles. The number of nitrogens with one attached hydrogen (secondary N) is 1. The van der Waals surface area contributed by atoms with Gasteiger partial charge in [-0.1, -0.05) is 36.4 Å². The standard InChI is InChI=1S/C18H21N3O2.HI/c19-18(20-10-8-14-4-2-1-3-5-14)21-11-9-15-6-7-16-17(12-15)23-13-22-16;/h1-7,12H,8-11,13H2,(H3,19,20,21);1H. The maximum atomic E-state index is 5.89. The second kappa shape index (κ2) is 9.36. The molecule has 0 saturated carbocycles. The van der Waals surface area contributed by atoms with Crippen molar-refractivity contribution in [1.82, 2.24) is 5.32 Å². The molecule has 1 heterocycles. The number of nitrogens with zero attached hydrogens (tertiary/aromatic N) is 1. The molecule has 0 spiro atoms. The third-order valence-electron chi connectivity index (χ3n) is 3.68. The van der Waals surface area contributed by atoms with E-state index < -0.39 is 0 Å². The Balaban J connectivity index is 0.00000208. The van der Waals surface area contributed by atoms with Gasteiger partial charge in [-0.25, -0.2) is 0 Å². The second-order valence-electron chi connectivity index (χ2n) is 5.37. The molecule has 0 unspecified atom stereocenters. The van der Waals surface area contributed by atoms with Gasteiger partial charge in [0, 0.05) is 13.1 Å². The van der Waals surface area contributed by atoms with Crippen LogP contribution in [0.5, 0.6) is 11.5 Å². The van der Waals surface area contributed by atoms with Gasteiger partial charge in [-0.3, -0.25) is 4.99 Å². The van der Waals surface area contributed by atoms with Crippen LogP contribution < -0.4 is 20.5 Å². The summed E-state index contributed by atoms with van der Waals surface area (Å²) in [7, 11) is 0. The van der Waals surface area contributed by atoms with Gasteiger partial charge < -0.3 is 20.5 Å². The van der Waals surface area contributed by atoms with E-state index in [-0.39, 0.29) is 24.0 Å². The van der Waals surface area contributed by atoms with E-state index in [2.05, 4.69) is 22.4 Å². The maximum Gasteiger partial charge on any atom is 0.231 e. The molecule has 6 heteroatoms. The van der Waals surface area contributed by atoms with Crippen molar-refractivity contribution in [2.24, 2.45) is 10.7 Å². The summed E-state index contributed by atoms with van der Waals surface area (Å²) >= 11 is 0. The van der Waals surface area contributed by atoms with Crippen molar-refractivity contribution in [3.63, 3.8) is 0 Å². The first-order valence-corrected chi connectivity index (χ1v) is 7.77. The number of hydrogen-bond donors (Lipinski definition) is 2. The van der Waals surface area contributed by atoms with Gasteiger partial charge in [0.25, 0.3) is 0 Å². The Morgan fingerprint density at radius 3 is 2.62 bits per heavy atom. The number of hydrogen-bond acceptors (Lipinski definition) is 3. The molecule has 2 aromatic carbocycles. The van der Waals surface area contributed by atoms with Crippen LogP contribution in [0.4, 0.5) is 0 Å². The normalized spacial score (nSPS) is 12.6. The van der Waals surface area contributed by atoms with E-state index in [1.165, 1.54) is 11.1 Å². The van der Waals surface area contributed by atoms with Gasteiger partial charge in [0.2, 0.25) is 6.79 Å². The van der Waals surface area contributed by atoms with E-state index in [0.29, 0.717) is 19.3 Å². The Morgan fingerprint density at radius 1 is 1.00 bits per heavy atom. The van der Waals surface area contributed by atoms with Crippen LogP contribution in [0.15, 0.2) is 53.5 Å². The van der Waals surface area contributed by atoms with Crippen molar-refractivity contribution in [3.05, 3.63) is 59.7 Å². The van der Waals surface area contributed by atoms with Crippen LogP contribution in [0.1, 0.15) is 11.1 Å². The van der Waals surface area contributed by atoms with Crippen molar-refractivity contribution in [3.8, 4) is 11.5 Å². The molecule has 0 saturated heterocycles. The number of guanidine groups is 1. The zero-order valence-corrected chi connectivity index (χ0v) is 15.7. The summed E-state index contributed by atoms with van der Waals surface area (Å²) in [6, 6.07) is 16.3. The summed E-state index contributed by atoms with van der Waals surface area (Å²) in [6.07, 6.45) is 1.75. The molecule has 3 rings (SSSR count). The predicted molar refractivity (Wildman–Crippen MR) is 106 cm³/mol. The van der Waals surface area contributed by atoms with Gasteiger partial charge in [0.05, 0.1) is 0 Å². The SMILES string of the molecule is I.NC(=NCCc1ccccc1)NCCc1ccc2c(c1)OCO2. The monoisotopic (exact) mass is 439 g/mol. The Bertz CT molecular complexity index is 677. The quantitative estimate of drug-likeness (QED) is 0.413. The third-order valence-corrected chi connectivity index (χ3v) is 3.68. The first-order valence-electron chi connectivity index (χ1n) is 7.77. The Kier molecular flexibility index (Phi) is 7.17. The molecule has 0 fully saturated rings. The van der Waals surface area contributed by atoms with Crippen molar-refractivity contribution in [2.45, 2.75) is 12.8 Å². The van der Waals surface area contributed by atoms with Crippen LogP contribution in [-0.4, -0.2) is 25.8 Å². The van der Waals surface area contributed by atoms with Crippen LogP contribution in [0.25, 0.3) is 0 Å². The molecule has 1 aliphatic heterocycles. The van der Waals surface area contributed by atoms with E-state index in [1.54, 1.807) is 0 Å². The highest BCUT2D eigenvalue weighted by molar-refractivity contribution is 14.0. The molecule has 0 bridgehead atoms. The van der Waals surface area contributed by atoms with Crippen molar-refractivity contribution >= 4 is 29.9 Å². The summed E-state index contributed by atoms with van der Waals surface area (Å²) in [5.41, 5.74) is 8.33. The number of benzene rings is 2. The van der Waals surface area contributed by atoms with E-state index in [1.807, 2.05) is 36.4 Å². The first-order chi connectivity index (χ1) is 11.3. The third kappa shape index (κ3) is 5.30. The van der Waals surface area contributed by atoms with E-state index in [0.717, 1.165) is 30.9 Å². The Hall–Kier alpha value is -1.96. The summed E-state index contributed by atoms with van der Waals surface area (Å²) in [6.45, 7) is 1.73. The number of aliphatic imine (C=N–C) groups is 1. The minimum atomic E-state index is 0. The van der Waals surface area contributed by atoms with E-state index >= 15 is 0 Å². The van der Waals surface area contributed by atoms with Crippen LogP contribution in [0.2, 0.25) is 0 Å². The number of nitrogens with two attached hydrogens (primary N) is 1. The minimum absolute atomic E-state index is 0. The molecule has 0 radical (unpaired) electrons. The lowest BCUT2D eigenvalue weighted by Gasteiger charge is -2.06. The topological polar surface area (TPSA) is 68.9 Å². The average Bonchev–Trinajstić information content (AvgIpc) is 3.03. The first kappa shape index (κ1) is 18.4. The van der Waals surface area contributed by atoms with Crippen LogP contribution in [0.3, 0.4) is 0 Å². The number of rotatable bonds is 6. The second-order valence-corrected chi connectivity index (χ2v) is 5.37. The lowest BCUT2D eigenvalue weighted by Crippen LogP contribution is -2.33. The van der Waals surface area contributed by atoms with Crippen molar-refractivity contribution < 1.29 is 9.47 Å². The molecule has 5 nitrogen and oxygen atoms in total. The molecule has 0 atom stereocenters. The van der Waals surface area contributed by atoms with Crippen LogP contribution in [-0.2, 0) is 12.8 Å². The molecular formula is C18H22IN3O2. The van der Waals surface area contributed by atoms with Gasteiger partial charge in [0.15, 0.2) is 17.5 Å². The molecule has 1 aliphatic rings. The number of fused-ring (bicyclic) bond motifs is 1. The highest BCUT2D eigenvalue weighted by atomic mass is 127. The van der Waals surface area contributed by atoms with Gasteiger partial charge in [-0.2, -0.15) is 0 Å². The van der Waals surface area contributed by atoms with Crippen molar-refractivity contribution in [2.75, 3.05) is 19.9 Å². The smallest absolute Gasteiger partial charge is 0.231 e. The van der Waals surface area contributed by atoms with Crippen LogP contribution in [0, 0.1) is 0 Å². The largest absolute Gasteiger partial charge is 0.454 e. The molecule has 2 aromatic rings. The fourth-order valence-electron chi connectivity index (χ4n) is 2.44. The van der Waals surface area contributed by atoms with Crippen LogP contribution >= 0.6 is 24.0 Å². The summed E-state index contributed by atoms with van der Waals surface area (Å²) in [5, 5.41) is 3.14. The summed E-state index contributed by atoms with van der Waals surface area (Å²) in [4.78, 5) is 4.35. The molecular weight excluding hydrogens is 417 g/mol. The highest BCUT2D eigenvalue weighted by Gasteiger charge is 2.12. The fourth-order valence-corrected chi connectivity index (χ4v) is 2.44. The Morgan fingerprint density at radius 2 is 1.79 bits per heavy atom. The lowest BCUT2D eigenvalue weighted by atomic mass is 10.1. The van der Waals surface area contributed by atoms with Gasteiger partial charge >= 0.3 is 0 Å². The van der Waals surface area contributed by atoms with Crippen molar-refractivity contribution in [1.29, 1.82) is 0 Å². The van der Waals surface area contributed by atoms with Gasteiger partial charge in [-0.05, 0) is 36.1 Å². The molecule has 128 valence electrons. The van der Waals surface area contributed by atoms with E-state index in [9.17, 15) is 0 Å². The highest BCUT2D eigenvalue weighted by Crippen LogP contribution is 2.32. The molecule has 0 amide bonds. The van der Waals surface area contributed by atoms with Gasteiger partial charge in [0.1, 0.15) is 0 Å². The predicted octanol–water partition coefficient (Wildman–Crippen LogP) is 2.72. The minimum Gasteiger partial charge on any atom is -0.454 e. The number of halogens is 1. The average molecular weight is 439 g/mol. The maximum absolute atomic E-state index is 5.89. The summed E-state index contributed by atoms with van der Waals surface area (Å²) in [5.74, 6) is 2.11. The Labute approximate surface area is 159 Å². The number of ether oxygens (including phenoxy) is 2. The molecule has 24 heavy (non-hydrogen) atoms. The van der Waals surface area contributed by atoms with E-state index in [4.69, 9.17) is 15.2 Å². The molecule has 3 N–H and O–H groups in total. The fraction of sp³-hybridized carbons (Fsp3) is 0.278. The summed E-state index contributed by atoms with van der Waals surface area (Å²) < 4.78 is 10.7. The zero-order valence-electron chi connectivity index (χ0n) is 13.4. The zero-order chi connectivity index (χ0) is 15.9.